The van der Waals surface area contributed by atoms with Crippen molar-refractivity contribution in [2.24, 2.45) is 5.73 Å². The number of halogens is 2. The highest BCUT2D eigenvalue weighted by Gasteiger charge is 2.19. The maximum atomic E-state index is 12.5. The average molecular weight is 204 g/mol. The van der Waals surface area contributed by atoms with Crippen LogP contribution in [0.4, 0.5) is 8.78 Å². The largest absolute Gasteiger partial charge is 0.496 e. The Morgan fingerprint density at radius 3 is 2.71 bits per heavy atom. The third-order valence-electron chi connectivity index (χ3n) is 1.77. The molecule has 0 atom stereocenters. The van der Waals surface area contributed by atoms with E-state index in [0.717, 1.165) is 6.07 Å². The van der Waals surface area contributed by atoms with Gasteiger partial charge in [0.05, 0.1) is 12.7 Å². The molecule has 1 heterocycles. The molecular formula is C8H10F2N2O2. The van der Waals surface area contributed by atoms with Gasteiger partial charge in [-0.15, -0.1) is 0 Å². The molecule has 0 saturated carbocycles. The highest BCUT2D eigenvalue weighted by Crippen LogP contribution is 2.29. The number of H-pyrrole nitrogens is 1. The van der Waals surface area contributed by atoms with E-state index < -0.39 is 12.0 Å². The number of methoxy groups -OCH3 is 1. The van der Waals surface area contributed by atoms with Gasteiger partial charge in [0.15, 0.2) is 0 Å². The maximum Gasteiger partial charge on any atom is 0.269 e. The lowest BCUT2D eigenvalue weighted by Gasteiger charge is -2.10. The zero-order chi connectivity index (χ0) is 10.7. The molecule has 1 aromatic heterocycles. The van der Waals surface area contributed by atoms with Crippen molar-refractivity contribution in [1.29, 1.82) is 0 Å². The number of rotatable bonds is 3. The fourth-order valence-corrected chi connectivity index (χ4v) is 1.17. The van der Waals surface area contributed by atoms with Crippen molar-refractivity contribution in [2.75, 3.05) is 7.11 Å². The summed E-state index contributed by atoms with van der Waals surface area (Å²) in [6.45, 7) is -0.161. The van der Waals surface area contributed by atoms with Gasteiger partial charge in [-0.3, -0.25) is 4.79 Å². The van der Waals surface area contributed by atoms with Crippen molar-refractivity contribution in [3.63, 3.8) is 0 Å². The second kappa shape index (κ2) is 4.19. The molecule has 78 valence electrons. The first-order chi connectivity index (χ1) is 6.60. The first-order valence-corrected chi connectivity index (χ1v) is 3.88. The first kappa shape index (κ1) is 10.6. The number of aromatic amines is 1. The summed E-state index contributed by atoms with van der Waals surface area (Å²) in [6, 6.07) is 0.973. The summed E-state index contributed by atoms with van der Waals surface area (Å²) in [5.41, 5.74) is 4.37. The van der Waals surface area contributed by atoms with Crippen LogP contribution in [0.1, 0.15) is 17.7 Å². The van der Waals surface area contributed by atoms with Crippen LogP contribution in [0, 0.1) is 0 Å². The summed E-state index contributed by atoms with van der Waals surface area (Å²) in [4.78, 5) is 13.2. The van der Waals surface area contributed by atoms with E-state index in [1.807, 2.05) is 0 Å². The number of pyridine rings is 1. The standard InChI is InChI=1S/C8H10F2N2O2/c1-14-5-2-6(13)12-4(3-11)7(5)8(9)10/h2,8H,3,11H2,1H3,(H,12,13). The van der Waals surface area contributed by atoms with Crippen molar-refractivity contribution < 1.29 is 13.5 Å². The summed E-state index contributed by atoms with van der Waals surface area (Å²) >= 11 is 0. The van der Waals surface area contributed by atoms with Crippen molar-refractivity contribution in [2.45, 2.75) is 13.0 Å². The molecule has 0 fully saturated rings. The Labute approximate surface area is 78.7 Å². The van der Waals surface area contributed by atoms with Crippen LogP contribution in [-0.4, -0.2) is 12.1 Å². The third-order valence-corrected chi connectivity index (χ3v) is 1.77. The maximum absolute atomic E-state index is 12.5. The molecule has 0 aromatic carbocycles. The predicted octanol–water partition coefficient (Wildman–Crippen LogP) is 0.780. The number of nitrogens with two attached hydrogens (primary N) is 1. The highest BCUT2D eigenvalue weighted by atomic mass is 19.3. The molecule has 0 saturated heterocycles. The van der Waals surface area contributed by atoms with Crippen LogP contribution in [0.3, 0.4) is 0 Å². The van der Waals surface area contributed by atoms with Gasteiger partial charge in [0.25, 0.3) is 12.0 Å². The molecule has 1 rings (SSSR count). The topological polar surface area (TPSA) is 68.1 Å². The van der Waals surface area contributed by atoms with Crippen LogP contribution in [0.15, 0.2) is 10.9 Å². The lowest BCUT2D eigenvalue weighted by atomic mass is 10.2. The molecule has 6 heteroatoms. The molecule has 1 aromatic rings. The van der Waals surface area contributed by atoms with Crippen LogP contribution in [0.2, 0.25) is 0 Å². The predicted molar refractivity (Wildman–Crippen MR) is 46.5 cm³/mol. The third kappa shape index (κ3) is 1.90. The molecule has 0 spiro atoms. The normalized spacial score (nSPS) is 10.6. The molecule has 0 aliphatic rings. The molecular weight excluding hydrogens is 194 g/mol. The van der Waals surface area contributed by atoms with Crippen molar-refractivity contribution >= 4 is 0 Å². The zero-order valence-electron chi connectivity index (χ0n) is 7.51. The number of alkyl halides is 2. The Balaban J connectivity index is 3.40. The van der Waals surface area contributed by atoms with Gasteiger partial charge < -0.3 is 15.5 Å². The summed E-state index contributed by atoms with van der Waals surface area (Å²) in [6.07, 6.45) is -2.72. The second-order valence-corrected chi connectivity index (χ2v) is 2.60. The Hall–Kier alpha value is -1.43. The smallest absolute Gasteiger partial charge is 0.269 e. The first-order valence-electron chi connectivity index (χ1n) is 3.88. The van der Waals surface area contributed by atoms with E-state index in [4.69, 9.17) is 5.73 Å². The van der Waals surface area contributed by atoms with E-state index in [1.54, 1.807) is 0 Å². The van der Waals surface area contributed by atoms with Gasteiger partial charge in [-0.2, -0.15) is 0 Å². The second-order valence-electron chi connectivity index (χ2n) is 2.60. The summed E-state index contributed by atoms with van der Waals surface area (Å²) in [5, 5.41) is 0. The average Bonchev–Trinajstić information content (AvgIpc) is 2.15. The molecule has 4 nitrogen and oxygen atoms in total. The number of nitrogens with one attached hydrogen (secondary N) is 1. The van der Waals surface area contributed by atoms with Crippen LogP contribution in [0.25, 0.3) is 0 Å². The van der Waals surface area contributed by atoms with Crippen LogP contribution >= 0.6 is 0 Å². The molecule has 14 heavy (non-hydrogen) atoms. The Morgan fingerprint density at radius 2 is 2.29 bits per heavy atom. The molecule has 0 radical (unpaired) electrons. The zero-order valence-corrected chi connectivity index (χ0v) is 7.51. The van der Waals surface area contributed by atoms with Crippen molar-refractivity contribution in [3.05, 3.63) is 27.7 Å². The fraction of sp³-hybridized carbons (Fsp3) is 0.375. The lowest BCUT2D eigenvalue weighted by Crippen LogP contribution is -2.15. The number of hydrogen-bond donors (Lipinski definition) is 2. The Morgan fingerprint density at radius 1 is 1.64 bits per heavy atom. The van der Waals surface area contributed by atoms with E-state index in [1.165, 1.54) is 7.11 Å². The fourth-order valence-electron chi connectivity index (χ4n) is 1.17. The number of hydrogen-bond acceptors (Lipinski definition) is 3. The molecule has 0 amide bonds. The molecule has 0 aliphatic heterocycles. The van der Waals surface area contributed by atoms with Gasteiger partial charge in [-0.1, -0.05) is 0 Å². The van der Waals surface area contributed by atoms with E-state index in [9.17, 15) is 13.6 Å². The molecule has 0 bridgehead atoms. The van der Waals surface area contributed by atoms with E-state index >= 15 is 0 Å². The van der Waals surface area contributed by atoms with Crippen LogP contribution in [-0.2, 0) is 6.54 Å². The summed E-state index contributed by atoms with van der Waals surface area (Å²) in [5.74, 6) is -0.135. The van der Waals surface area contributed by atoms with Gasteiger partial charge in [0, 0.05) is 18.3 Å². The number of ether oxygens (including phenoxy) is 1. The van der Waals surface area contributed by atoms with Gasteiger partial charge in [-0.05, 0) is 0 Å². The minimum absolute atomic E-state index is 0.00403. The molecule has 0 aliphatic carbocycles. The van der Waals surface area contributed by atoms with Gasteiger partial charge >= 0.3 is 0 Å². The van der Waals surface area contributed by atoms with Gasteiger partial charge in [-0.25, -0.2) is 8.78 Å². The van der Waals surface area contributed by atoms with Crippen molar-refractivity contribution in [1.82, 2.24) is 4.98 Å². The molecule has 0 unspecified atom stereocenters. The quantitative estimate of drug-likeness (QED) is 0.764. The Bertz CT molecular complexity index is 348. The SMILES string of the molecule is COc1cc(=O)[nH]c(CN)c1C(F)F. The molecule has 3 N–H and O–H groups in total. The summed E-state index contributed by atoms with van der Waals surface area (Å²) in [7, 11) is 1.22. The number of aromatic nitrogens is 1. The summed E-state index contributed by atoms with van der Waals surface area (Å²) < 4.78 is 29.7. The Kier molecular flexibility index (Phi) is 3.19. The van der Waals surface area contributed by atoms with Crippen LogP contribution in [0.5, 0.6) is 5.75 Å². The monoisotopic (exact) mass is 204 g/mol. The van der Waals surface area contributed by atoms with Gasteiger partial charge in [0.1, 0.15) is 5.75 Å². The van der Waals surface area contributed by atoms with Crippen LogP contribution < -0.4 is 16.0 Å². The highest BCUT2D eigenvalue weighted by molar-refractivity contribution is 5.36. The van der Waals surface area contributed by atoms with E-state index in [2.05, 4.69) is 9.72 Å². The van der Waals surface area contributed by atoms with Crippen molar-refractivity contribution in [3.8, 4) is 5.75 Å². The minimum atomic E-state index is -2.72. The lowest BCUT2D eigenvalue weighted by molar-refractivity contribution is 0.145. The van der Waals surface area contributed by atoms with E-state index in [0.29, 0.717) is 0 Å². The van der Waals surface area contributed by atoms with Gasteiger partial charge in [0.2, 0.25) is 0 Å². The van der Waals surface area contributed by atoms with E-state index in [-0.39, 0.29) is 23.6 Å². The minimum Gasteiger partial charge on any atom is -0.496 e.